The van der Waals surface area contributed by atoms with Crippen molar-refractivity contribution in [2.45, 2.75) is 45.6 Å². The molecule has 0 saturated carbocycles. The fourth-order valence-electron chi connectivity index (χ4n) is 5.18. The highest BCUT2D eigenvalue weighted by molar-refractivity contribution is 7.17. The zero-order valence-electron chi connectivity index (χ0n) is 21.7. The maximum atomic E-state index is 13.3. The lowest BCUT2D eigenvalue weighted by molar-refractivity contribution is 0.0955. The number of hydrogen-bond donors (Lipinski definition) is 3. The summed E-state index contributed by atoms with van der Waals surface area (Å²) < 4.78 is 0. The van der Waals surface area contributed by atoms with Gasteiger partial charge in [-0.2, -0.15) is 5.10 Å². The number of aliphatic hydroxyl groups is 1. The van der Waals surface area contributed by atoms with Gasteiger partial charge in [-0.25, -0.2) is 5.43 Å². The number of aliphatic hydroxyl groups excluding tert-OH is 1. The summed E-state index contributed by atoms with van der Waals surface area (Å²) in [6.07, 6.45) is 6.39. The molecule has 7 nitrogen and oxygen atoms in total. The Morgan fingerprint density at radius 3 is 2.66 bits per heavy atom. The zero-order chi connectivity index (χ0) is 26.5. The van der Waals surface area contributed by atoms with Crippen molar-refractivity contribution in [3.8, 4) is 0 Å². The molecule has 2 aromatic carbocycles. The van der Waals surface area contributed by atoms with E-state index in [1.807, 2.05) is 55.5 Å². The lowest BCUT2D eigenvalue weighted by Gasteiger charge is -2.31. The normalized spacial score (nSPS) is 16.1. The van der Waals surface area contributed by atoms with Crippen molar-refractivity contribution < 1.29 is 14.7 Å². The molecule has 0 radical (unpaired) electrons. The van der Waals surface area contributed by atoms with Crippen LogP contribution >= 0.6 is 11.3 Å². The minimum absolute atomic E-state index is 0.219. The van der Waals surface area contributed by atoms with Crippen molar-refractivity contribution >= 4 is 34.4 Å². The molecule has 2 heterocycles. The number of benzene rings is 2. The van der Waals surface area contributed by atoms with E-state index in [4.69, 9.17) is 0 Å². The van der Waals surface area contributed by atoms with E-state index in [1.165, 1.54) is 11.3 Å². The van der Waals surface area contributed by atoms with Crippen LogP contribution in [-0.2, 0) is 19.4 Å². The Bertz CT molecular complexity index is 1320. The summed E-state index contributed by atoms with van der Waals surface area (Å²) in [6, 6.07) is 15.6. The lowest BCUT2D eigenvalue weighted by Crippen LogP contribution is -2.34. The number of carbonyl (C=O) groups is 2. The Morgan fingerprint density at radius 1 is 1.11 bits per heavy atom. The van der Waals surface area contributed by atoms with Gasteiger partial charge in [0.2, 0.25) is 0 Å². The quantitative estimate of drug-likeness (QED) is 0.289. The van der Waals surface area contributed by atoms with Gasteiger partial charge in [0.05, 0.1) is 11.8 Å². The fraction of sp³-hybridized carbons (Fsp3) is 0.367. The Balaban J connectivity index is 1.27. The predicted octanol–water partition coefficient (Wildman–Crippen LogP) is 4.77. The van der Waals surface area contributed by atoms with Crippen molar-refractivity contribution in [3.63, 3.8) is 0 Å². The van der Waals surface area contributed by atoms with Gasteiger partial charge in [0.15, 0.2) is 0 Å². The van der Waals surface area contributed by atoms with Gasteiger partial charge >= 0.3 is 0 Å². The number of nitrogens with zero attached hydrogens (tertiary/aromatic N) is 2. The van der Waals surface area contributed by atoms with E-state index < -0.39 is 0 Å². The second-order valence-electron chi connectivity index (χ2n) is 10.2. The van der Waals surface area contributed by atoms with Crippen LogP contribution in [0.3, 0.4) is 0 Å². The van der Waals surface area contributed by atoms with E-state index in [9.17, 15) is 14.7 Å². The summed E-state index contributed by atoms with van der Waals surface area (Å²) in [6.45, 7) is 4.96. The van der Waals surface area contributed by atoms with Crippen LogP contribution in [0.2, 0.25) is 0 Å². The lowest BCUT2D eigenvalue weighted by atomic mass is 9.97. The molecule has 1 aliphatic carbocycles. The van der Waals surface area contributed by atoms with Gasteiger partial charge in [0, 0.05) is 23.6 Å². The number of fused-ring (bicyclic) bond motifs is 1. The van der Waals surface area contributed by atoms with Crippen LogP contribution in [0.1, 0.15) is 67.1 Å². The van der Waals surface area contributed by atoms with Crippen LogP contribution in [0.5, 0.6) is 0 Å². The molecule has 0 unspecified atom stereocenters. The van der Waals surface area contributed by atoms with Crippen LogP contribution in [0.4, 0.5) is 5.00 Å². The number of amides is 2. The number of carbonyl (C=O) groups excluding carboxylic acids is 2. The average Bonchev–Trinajstić information content (AvgIpc) is 3.51. The topological polar surface area (TPSA) is 94.0 Å². The van der Waals surface area contributed by atoms with E-state index >= 15 is 0 Å². The van der Waals surface area contributed by atoms with Gasteiger partial charge < -0.3 is 10.4 Å². The molecule has 3 N–H and O–H groups in total. The number of nitrogens with one attached hydrogen (secondary N) is 2. The maximum absolute atomic E-state index is 13.3. The van der Waals surface area contributed by atoms with Crippen molar-refractivity contribution in [2.24, 2.45) is 11.0 Å². The SMILES string of the molecule is Cc1ccc(/C=N/NC(=O)c2c(NC(=O)c3cccc(CN4CCC(CO)CC4)c3)sc3c2CCC3)cc1. The number of aryl methyl sites for hydroxylation is 2. The molecule has 38 heavy (non-hydrogen) atoms. The van der Waals surface area contributed by atoms with Crippen LogP contribution in [0, 0.1) is 12.8 Å². The molecule has 1 aromatic heterocycles. The molecule has 0 spiro atoms. The third-order valence-electron chi connectivity index (χ3n) is 7.39. The van der Waals surface area contributed by atoms with Crippen LogP contribution in [-0.4, -0.2) is 47.7 Å². The number of anilines is 1. The van der Waals surface area contributed by atoms with Crippen molar-refractivity contribution in [3.05, 3.63) is 86.8 Å². The number of hydrazone groups is 1. The minimum atomic E-state index is -0.303. The average molecular weight is 531 g/mol. The molecule has 1 aliphatic heterocycles. The first-order chi connectivity index (χ1) is 18.5. The van der Waals surface area contributed by atoms with E-state index in [1.54, 1.807) is 6.21 Å². The third-order valence-corrected chi connectivity index (χ3v) is 8.60. The molecule has 2 aliphatic rings. The van der Waals surface area contributed by atoms with Crippen LogP contribution in [0.25, 0.3) is 0 Å². The standard InChI is InChI=1S/C30H34N4O3S/c1-20-8-10-21(11-9-20)17-31-33-29(37)27-25-6-3-7-26(25)38-30(27)32-28(36)24-5-2-4-23(16-24)18-34-14-12-22(19-35)13-15-34/h2,4-5,8-11,16-17,22,35H,3,6-7,12-15,18-19H2,1H3,(H,32,36)(H,33,37)/b31-17+. The number of hydrogen-bond acceptors (Lipinski definition) is 6. The Hall–Kier alpha value is -3.33. The smallest absolute Gasteiger partial charge is 0.274 e. The van der Waals surface area contributed by atoms with E-state index in [2.05, 4.69) is 20.7 Å². The van der Waals surface area contributed by atoms with Crippen molar-refractivity contribution in [2.75, 3.05) is 25.0 Å². The second kappa shape index (κ2) is 12.0. The molecule has 8 heteroatoms. The maximum Gasteiger partial charge on any atom is 0.274 e. The van der Waals surface area contributed by atoms with Gasteiger partial charge in [0.1, 0.15) is 5.00 Å². The Labute approximate surface area is 227 Å². The minimum Gasteiger partial charge on any atom is -0.396 e. The van der Waals surface area contributed by atoms with E-state index in [0.717, 1.165) is 78.9 Å². The molecule has 0 bridgehead atoms. The molecule has 1 fully saturated rings. The summed E-state index contributed by atoms with van der Waals surface area (Å²) in [7, 11) is 0. The van der Waals surface area contributed by atoms with Gasteiger partial charge in [-0.1, -0.05) is 42.0 Å². The van der Waals surface area contributed by atoms with Gasteiger partial charge in [0.25, 0.3) is 11.8 Å². The molecular weight excluding hydrogens is 496 g/mol. The molecular formula is C30H34N4O3S. The Morgan fingerprint density at radius 2 is 1.89 bits per heavy atom. The summed E-state index contributed by atoms with van der Waals surface area (Å²) in [5.74, 6) is -0.124. The van der Waals surface area contributed by atoms with Gasteiger partial charge in [-0.3, -0.25) is 14.5 Å². The van der Waals surface area contributed by atoms with Crippen molar-refractivity contribution in [1.82, 2.24) is 10.3 Å². The molecule has 3 aromatic rings. The van der Waals surface area contributed by atoms with Crippen LogP contribution in [0.15, 0.2) is 53.6 Å². The van der Waals surface area contributed by atoms with Gasteiger partial charge in [-0.15, -0.1) is 11.3 Å². The van der Waals surface area contributed by atoms with Crippen LogP contribution < -0.4 is 10.7 Å². The zero-order valence-corrected chi connectivity index (χ0v) is 22.5. The molecule has 2 amide bonds. The molecule has 198 valence electrons. The second-order valence-corrected chi connectivity index (χ2v) is 11.3. The van der Waals surface area contributed by atoms with Gasteiger partial charge in [-0.05, 0) is 86.9 Å². The first kappa shape index (κ1) is 26.3. The van der Waals surface area contributed by atoms with E-state index in [-0.39, 0.29) is 18.4 Å². The number of piperidine rings is 1. The first-order valence-corrected chi connectivity index (χ1v) is 14.1. The summed E-state index contributed by atoms with van der Waals surface area (Å²) in [5, 5.41) is 17.1. The number of thiophene rings is 1. The number of rotatable bonds is 8. The first-order valence-electron chi connectivity index (χ1n) is 13.3. The van der Waals surface area contributed by atoms with E-state index in [0.29, 0.717) is 22.0 Å². The summed E-state index contributed by atoms with van der Waals surface area (Å²) in [4.78, 5) is 30.0. The molecule has 0 atom stereocenters. The number of likely N-dealkylation sites (tertiary alicyclic amines) is 1. The molecule has 1 saturated heterocycles. The highest BCUT2D eigenvalue weighted by Gasteiger charge is 2.28. The highest BCUT2D eigenvalue weighted by atomic mass is 32.1. The highest BCUT2D eigenvalue weighted by Crippen LogP contribution is 2.39. The molecule has 5 rings (SSSR count). The predicted molar refractivity (Wildman–Crippen MR) is 152 cm³/mol. The summed E-state index contributed by atoms with van der Waals surface area (Å²) in [5.41, 5.74) is 7.92. The fourth-order valence-corrected chi connectivity index (χ4v) is 6.46. The van der Waals surface area contributed by atoms with Crippen molar-refractivity contribution in [1.29, 1.82) is 0 Å². The largest absolute Gasteiger partial charge is 0.396 e. The Kier molecular flexibility index (Phi) is 8.32. The summed E-state index contributed by atoms with van der Waals surface area (Å²) >= 11 is 1.49. The monoisotopic (exact) mass is 530 g/mol. The third kappa shape index (κ3) is 6.20.